The first-order chi connectivity index (χ1) is 12.6. The number of aryl methyl sites for hydroxylation is 2. The zero-order valence-electron chi connectivity index (χ0n) is 16.3. The summed E-state index contributed by atoms with van der Waals surface area (Å²) < 4.78 is 32.5. The van der Waals surface area contributed by atoms with Gasteiger partial charge in [0.05, 0.1) is 24.1 Å². The lowest BCUT2D eigenvalue weighted by Gasteiger charge is -2.14. The lowest BCUT2D eigenvalue weighted by molar-refractivity contribution is -0.115. The summed E-state index contributed by atoms with van der Waals surface area (Å²) in [4.78, 5) is 12.5. The van der Waals surface area contributed by atoms with Crippen molar-refractivity contribution >= 4 is 21.6 Å². The van der Waals surface area contributed by atoms with Gasteiger partial charge in [-0.1, -0.05) is 18.2 Å². The van der Waals surface area contributed by atoms with Gasteiger partial charge in [0.2, 0.25) is 15.9 Å². The average Bonchev–Trinajstić information content (AvgIpc) is 2.57. The van der Waals surface area contributed by atoms with Gasteiger partial charge in [-0.25, -0.2) is 13.1 Å². The van der Waals surface area contributed by atoms with Crippen LogP contribution in [0.25, 0.3) is 0 Å². The quantitative estimate of drug-likeness (QED) is 0.760. The van der Waals surface area contributed by atoms with Crippen molar-refractivity contribution in [3.63, 3.8) is 0 Å². The predicted molar refractivity (Wildman–Crippen MR) is 107 cm³/mol. The second kappa shape index (κ2) is 8.54. The Labute approximate surface area is 161 Å². The molecule has 146 valence electrons. The number of carbonyl (C=O) groups excluding carboxylic acids is 1. The molecule has 0 spiro atoms. The largest absolute Gasteiger partial charge is 0.495 e. The lowest BCUT2D eigenvalue weighted by atomic mass is 10.0. The van der Waals surface area contributed by atoms with Crippen LogP contribution in [0.5, 0.6) is 5.75 Å². The minimum atomic E-state index is -3.67. The van der Waals surface area contributed by atoms with Crippen molar-refractivity contribution in [1.82, 2.24) is 4.72 Å². The van der Waals surface area contributed by atoms with Crippen molar-refractivity contribution in [2.75, 3.05) is 12.4 Å². The molecule has 2 N–H and O–H groups in total. The Bertz CT molecular complexity index is 937. The number of benzene rings is 2. The summed E-state index contributed by atoms with van der Waals surface area (Å²) in [6, 6.07) is 10.0. The van der Waals surface area contributed by atoms with Gasteiger partial charge in [-0.05, 0) is 62.6 Å². The highest BCUT2D eigenvalue weighted by atomic mass is 32.2. The Hall–Kier alpha value is -2.38. The summed E-state index contributed by atoms with van der Waals surface area (Å²) >= 11 is 0. The first-order valence-electron chi connectivity index (χ1n) is 8.68. The van der Waals surface area contributed by atoms with Crippen LogP contribution in [-0.2, 0) is 21.2 Å². The second-order valence-electron chi connectivity index (χ2n) is 6.78. The van der Waals surface area contributed by atoms with Crippen molar-refractivity contribution in [2.24, 2.45) is 0 Å². The maximum absolute atomic E-state index is 12.5. The number of anilines is 1. The van der Waals surface area contributed by atoms with Crippen molar-refractivity contribution < 1.29 is 17.9 Å². The molecule has 6 nitrogen and oxygen atoms in total. The van der Waals surface area contributed by atoms with Gasteiger partial charge in [-0.2, -0.15) is 0 Å². The summed E-state index contributed by atoms with van der Waals surface area (Å²) in [6.45, 7) is 7.50. The molecular weight excluding hydrogens is 364 g/mol. The van der Waals surface area contributed by atoms with E-state index < -0.39 is 10.0 Å². The summed E-state index contributed by atoms with van der Waals surface area (Å²) in [5.74, 6) is 0.148. The monoisotopic (exact) mass is 390 g/mol. The van der Waals surface area contributed by atoms with Gasteiger partial charge < -0.3 is 10.1 Å². The van der Waals surface area contributed by atoms with E-state index in [4.69, 9.17) is 4.74 Å². The first-order valence-corrected chi connectivity index (χ1v) is 10.2. The number of methoxy groups -OCH3 is 1. The van der Waals surface area contributed by atoms with E-state index in [1.165, 1.54) is 25.3 Å². The third-order valence-electron chi connectivity index (χ3n) is 4.08. The SMILES string of the molecule is COc1ccc(S(=O)(=O)NC(C)C)cc1NC(=O)Cc1ccc(C)c(C)c1. The Morgan fingerprint density at radius 3 is 2.37 bits per heavy atom. The van der Waals surface area contributed by atoms with Gasteiger partial charge in [-0.15, -0.1) is 0 Å². The van der Waals surface area contributed by atoms with E-state index in [1.54, 1.807) is 13.8 Å². The third-order valence-corrected chi connectivity index (χ3v) is 5.74. The highest BCUT2D eigenvalue weighted by molar-refractivity contribution is 7.89. The number of rotatable bonds is 7. The van der Waals surface area contributed by atoms with Crippen LogP contribution in [0, 0.1) is 13.8 Å². The molecule has 0 unspecified atom stereocenters. The van der Waals surface area contributed by atoms with Crippen molar-refractivity contribution in [1.29, 1.82) is 0 Å². The second-order valence-corrected chi connectivity index (χ2v) is 8.50. The summed E-state index contributed by atoms with van der Waals surface area (Å²) in [5.41, 5.74) is 3.49. The van der Waals surface area contributed by atoms with E-state index in [2.05, 4.69) is 10.0 Å². The van der Waals surface area contributed by atoms with Crippen LogP contribution in [0.15, 0.2) is 41.3 Å². The molecule has 0 aromatic heterocycles. The van der Waals surface area contributed by atoms with Gasteiger partial charge >= 0.3 is 0 Å². The highest BCUT2D eigenvalue weighted by Gasteiger charge is 2.18. The van der Waals surface area contributed by atoms with Crippen molar-refractivity contribution in [3.8, 4) is 5.75 Å². The predicted octanol–water partition coefficient (Wildman–Crippen LogP) is 3.18. The van der Waals surface area contributed by atoms with Gasteiger partial charge in [0.15, 0.2) is 0 Å². The molecule has 2 rings (SSSR count). The molecular formula is C20H26N2O4S. The Morgan fingerprint density at radius 1 is 1.07 bits per heavy atom. The number of ether oxygens (including phenoxy) is 1. The minimum absolute atomic E-state index is 0.0680. The van der Waals surface area contributed by atoms with Crippen LogP contribution in [0.4, 0.5) is 5.69 Å². The maximum atomic E-state index is 12.5. The molecule has 0 saturated carbocycles. The Kier molecular flexibility index (Phi) is 6.62. The lowest BCUT2D eigenvalue weighted by Crippen LogP contribution is -2.30. The van der Waals surface area contributed by atoms with Gasteiger partial charge in [0.25, 0.3) is 0 Å². The number of amides is 1. The molecule has 27 heavy (non-hydrogen) atoms. The van der Waals surface area contributed by atoms with E-state index in [1.807, 2.05) is 32.0 Å². The Balaban J connectivity index is 2.24. The fourth-order valence-corrected chi connectivity index (χ4v) is 3.90. The highest BCUT2D eigenvalue weighted by Crippen LogP contribution is 2.28. The van der Waals surface area contributed by atoms with E-state index in [-0.39, 0.29) is 23.3 Å². The van der Waals surface area contributed by atoms with Crippen LogP contribution >= 0.6 is 0 Å². The van der Waals surface area contributed by atoms with Crippen LogP contribution in [0.2, 0.25) is 0 Å². The fraction of sp³-hybridized carbons (Fsp3) is 0.350. The van der Waals surface area contributed by atoms with E-state index in [0.717, 1.165) is 16.7 Å². The number of hydrogen-bond acceptors (Lipinski definition) is 4. The molecule has 0 aliphatic rings. The molecule has 0 bridgehead atoms. The van der Waals surface area contributed by atoms with Gasteiger partial charge in [0.1, 0.15) is 5.75 Å². The normalized spacial score (nSPS) is 11.5. The number of sulfonamides is 1. The molecule has 0 aliphatic carbocycles. The molecule has 1 amide bonds. The molecule has 0 heterocycles. The number of carbonyl (C=O) groups is 1. The molecule has 7 heteroatoms. The Morgan fingerprint density at radius 2 is 1.78 bits per heavy atom. The first kappa shape index (κ1) is 20.9. The summed E-state index contributed by atoms with van der Waals surface area (Å²) in [7, 11) is -2.20. The zero-order valence-corrected chi connectivity index (χ0v) is 17.1. The molecule has 2 aromatic rings. The zero-order chi connectivity index (χ0) is 20.2. The minimum Gasteiger partial charge on any atom is -0.495 e. The third kappa shape index (κ3) is 5.55. The van der Waals surface area contributed by atoms with E-state index in [0.29, 0.717) is 11.4 Å². The van der Waals surface area contributed by atoms with Gasteiger partial charge in [-0.3, -0.25) is 4.79 Å². The van der Waals surface area contributed by atoms with Crippen LogP contribution in [0.1, 0.15) is 30.5 Å². The van der Waals surface area contributed by atoms with Crippen LogP contribution < -0.4 is 14.8 Å². The summed E-state index contributed by atoms with van der Waals surface area (Å²) in [5, 5.41) is 2.75. The van der Waals surface area contributed by atoms with Crippen molar-refractivity contribution in [3.05, 3.63) is 53.1 Å². The van der Waals surface area contributed by atoms with E-state index >= 15 is 0 Å². The van der Waals surface area contributed by atoms with E-state index in [9.17, 15) is 13.2 Å². The number of nitrogens with one attached hydrogen (secondary N) is 2. The number of hydrogen-bond donors (Lipinski definition) is 2. The maximum Gasteiger partial charge on any atom is 0.240 e. The molecule has 0 saturated heterocycles. The molecule has 0 radical (unpaired) electrons. The standard InChI is InChI=1S/C20H26N2O4S/c1-13(2)22-27(24,25)17-8-9-19(26-5)18(12-17)21-20(23)11-16-7-6-14(3)15(4)10-16/h6-10,12-13,22H,11H2,1-5H3,(H,21,23). The van der Waals surface area contributed by atoms with Crippen LogP contribution in [-0.4, -0.2) is 27.5 Å². The van der Waals surface area contributed by atoms with Crippen LogP contribution in [0.3, 0.4) is 0 Å². The fourth-order valence-electron chi connectivity index (χ4n) is 2.62. The average molecular weight is 391 g/mol. The molecule has 0 fully saturated rings. The smallest absolute Gasteiger partial charge is 0.240 e. The molecule has 0 aliphatic heterocycles. The topological polar surface area (TPSA) is 84.5 Å². The summed E-state index contributed by atoms with van der Waals surface area (Å²) in [6.07, 6.45) is 0.186. The molecule has 2 aromatic carbocycles. The van der Waals surface area contributed by atoms with Gasteiger partial charge in [0, 0.05) is 6.04 Å². The van der Waals surface area contributed by atoms with Crippen molar-refractivity contribution in [2.45, 2.75) is 45.1 Å². The molecule has 0 atom stereocenters.